The lowest BCUT2D eigenvalue weighted by molar-refractivity contribution is -0.139. The summed E-state index contributed by atoms with van der Waals surface area (Å²) in [6.45, 7) is 0.557. The van der Waals surface area contributed by atoms with E-state index in [0.29, 0.717) is 6.54 Å². The van der Waals surface area contributed by atoms with E-state index in [9.17, 15) is 9.59 Å². The predicted molar refractivity (Wildman–Crippen MR) is 95.9 cm³/mol. The molecule has 2 saturated heterocycles. The van der Waals surface area contributed by atoms with Gasteiger partial charge in [0.1, 0.15) is 11.8 Å². The lowest BCUT2D eigenvalue weighted by Crippen LogP contribution is -2.43. The molecular weight excluding hydrogens is 330 g/mol. The number of methoxy groups -OCH3 is 1. The third-order valence-corrected chi connectivity index (χ3v) is 5.21. The summed E-state index contributed by atoms with van der Waals surface area (Å²) >= 11 is 0. The summed E-state index contributed by atoms with van der Waals surface area (Å²) in [6.07, 6.45) is 0. The normalized spacial score (nSPS) is 25.6. The average molecular weight is 351 g/mol. The van der Waals surface area contributed by atoms with Crippen LogP contribution in [-0.2, 0) is 16.1 Å². The predicted octanol–water partition coefficient (Wildman–Crippen LogP) is 1.74. The van der Waals surface area contributed by atoms with Crippen LogP contribution in [0.1, 0.15) is 17.2 Å². The summed E-state index contributed by atoms with van der Waals surface area (Å²) in [5.74, 6) is 0.0447. The molecular formula is C20H21N3O3. The molecule has 2 aromatic rings. The van der Waals surface area contributed by atoms with E-state index in [1.54, 1.807) is 14.2 Å². The van der Waals surface area contributed by atoms with Crippen LogP contribution in [0.4, 0.5) is 0 Å². The molecule has 26 heavy (non-hydrogen) atoms. The maximum Gasteiger partial charge on any atom is 0.248 e. The Bertz CT molecular complexity index is 822. The first kappa shape index (κ1) is 16.8. The Kier molecular flexibility index (Phi) is 4.22. The Labute approximate surface area is 152 Å². The summed E-state index contributed by atoms with van der Waals surface area (Å²) in [4.78, 5) is 26.6. The van der Waals surface area contributed by atoms with Crippen molar-refractivity contribution < 1.29 is 14.3 Å². The molecule has 134 valence electrons. The number of hydrogen-bond donors (Lipinski definition) is 1. The van der Waals surface area contributed by atoms with Crippen molar-refractivity contribution in [2.75, 3.05) is 14.2 Å². The number of hydrazine groups is 1. The quantitative estimate of drug-likeness (QED) is 0.851. The summed E-state index contributed by atoms with van der Waals surface area (Å²) in [6, 6.07) is 16.8. The van der Waals surface area contributed by atoms with Crippen LogP contribution in [0, 0.1) is 5.92 Å². The summed E-state index contributed by atoms with van der Waals surface area (Å²) in [7, 11) is 3.18. The number of carbonyl (C=O) groups is 2. The molecule has 2 aliphatic heterocycles. The highest BCUT2D eigenvalue weighted by molar-refractivity contribution is 6.07. The van der Waals surface area contributed by atoms with Crippen molar-refractivity contribution in [3.8, 4) is 5.75 Å². The maximum absolute atomic E-state index is 12.7. The molecule has 2 fully saturated rings. The van der Waals surface area contributed by atoms with Gasteiger partial charge in [-0.3, -0.25) is 14.5 Å². The van der Waals surface area contributed by atoms with Gasteiger partial charge in [-0.2, -0.15) is 0 Å². The van der Waals surface area contributed by atoms with E-state index in [1.165, 1.54) is 4.90 Å². The van der Waals surface area contributed by atoms with E-state index in [-0.39, 0.29) is 17.9 Å². The molecule has 2 aromatic carbocycles. The highest BCUT2D eigenvalue weighted by Gasteiger charge is 2.57. The van der Waals surface area contributed by atoms with Crippen molar-refractivity contribution in [3.05, 3.63) is 65.7 Å². The van der Waals surface area contributed by atoms with Crippen molar-refractivity contribution in [2.45, 2.75) is 18.6 Å². The minimum atomic E-state index is -0.486. The zero-order valence-electron chi connectivity index (χ0n) is 14.8. The van der Waals surface area contributed by atoms with Gasteiger partial charge in [0.05, 0.1) is 19.1 Å². The van der Waals surface area contributed by atoms with Gasteiger partial charge in [0.2, 0.25) is 11.8 Å². The lowest BCUT2D eigenvalue weighted by atomic mass is 9.91. The van der Waals surface area contributed by atoms with E-state index in [0.717, 1.165) is 16.9 Å². The van der Waals surface area contributed by atoms with Gasteiger partial charge >= 0.3 is 0 Å². The molecule has 2 aliphatic rings. The second-order valence-corrected chi connectivity index (χ2v) is 6.70. The van der Waals surface area contributed by atoms with Gasteiger partial charge in [0, 0.05) is 13.6 Å². The van der Waals surface area contributed by atoms with Gasteiger partial charge in [-0.1, -0.05) is 42.5 Å². The Hall–Kier alpha value is -2.70. The Morgan fingerprint density at radius 1 is 1.00 bits per heavy atom. The van der Waals surface area contributed by atoms with E-state index in [1.807, 2.05) is 59.6 Å². The largest absolute Gasteiger partial charge is 0.497 e. The molecule has 0 spiro atoms. The molecule has 0 saturated carbocycles. The monoisotopic (exact) mass is 351 g/mol. The summed E-state index contributed by atoms with van der Waals surface area (Å²) < 4.78 is 5.21. The van der Waals surface area contributed by atoms with Gasteiger partial charge < -0.3 is 4.74 Å². The number of nitrogens with zero attached hydrogens (tertiary/aromatic N) is 2. The second-order valence-electron chi connectivity index (χ2n) is 6.70. The number of ether oxygens (including phenoxy) is 1. The maximum atomic E-state index is 12.7. The molecule has 0 radical (unpaired) electrons. The first-order valence-corrected chi connectivity index (χ1v) is 8.62. The SMILES string of the molecule is COc1ccc([C@H]2NN(Cc3ccccc3)[C@@H]3C(=O)N(C)C(=O)[C@H]23)cc1. The van der Waals surface area contributed by atoms with Crippen LogP contribution in [0.2, 0.25) is 0 Å². The zero-order chi connectivity index (χ0) is 18.3. The second kappa shape index (κ2) is 6.55. The molecule has 0 aromatic heterocycles. The molecule has 0 unspecified atom stereocenters. The molecule has 0 bridgehead atoms. The molecule has 6 nitrogen and oxygen atoms in total. The van der Waals surface area contributed by atoms with Crippen LogP contribution in [-0.4, -0.2) is 41.9 Å². The fourth-order valence-corrected chi connectivity index (χ4v) is 3.83. The third kappa shape index (κ3) is 2.67. The number of nitrogens with one attached hydrogen (secondary N) is 1. The van der Waals surface area contributed by atoms with Crippen molar-refractivity contribution in [3.63, 3.8) is 0 Å². The standard InChI is InChI=1S/C20H21N3O3/c1-22-19(24)16-17(14-8-10-15(26-2)11-9-14)21-23(18(16)20(22)25)12-13-6-4-3-5-7-13/h3-11,16-18,21H,12H2,1-2H3/t16-,17-,18+/m1/s1. The molecule has 4 rings (SSSR count). The Morgan fingerprint density at radius 2 is 1.69 bits per heavy atom. The van der Waals surface area contributed by atoms with Crippen LogP contribution in [0.5, 0.6) is 5.75 Å². The Balaban J connectivity index is 1.67. The lowest BCUT2D eigenvalue weighted by Gasteiger charge is -2.23. The summed E-state index contributed by atoms with van der Waals surface area (Å²) in [5.41, 5.74) is 5.45. The first-order valence-electron chi connectivity index (χ1n) is 8.62. The molecule has 2 amide bonds. The Morgan fingerprint density at radius 3 is 2.35 bits per heavy atom. The number of fused-ring (bicyclic) bond motifs is 1. The van der Waals surface area contributed by atoms with Crippen molar-refractivity contribution >= 4 is 11.8 Å². The average Bonchev–Trinajstić information content (AvgIpc) is 3.15. The minimum Gasteiger partial charge on any atom is -0.497 e. The number of likely N-dealkylation sites (tertiary alicyclic amines) is 1. The van der Waals surface area contributed by atoms with Gasteiger partial charge in [0.25, 0.3) is 0 Å². The fourth-order valence-electron chi connectivity index (χ4n) is 3.83. The summed E-state index contributed by atoms with van der Waals surface area (Å²) in [5, 5.41) is 1.90. The van der Waals surface area contributed by atoms with Crippen molar-refractivity contribution in [1.82, 2.24) is 15.3 Å². The van der Waals surface area contributed by atoms with Crippen LogP contribution in [0.15, 0.2) is 54.6 Å². The van der Waals surface area contributed by atoms with Crippen LogP contribution in [0.25, 0.3) is 0 Å². The number of rotatable bonds is 4. The van der Waals surface area contributed by atoms with Crippen LogP contribution >= 0.6 is 0 Å². The van der Waals surface area contributed by atoms with Crippen LogP contribution in [0.3, 0.4) is 0 Å². The number of carbonyl (C=O) groups excluding carboxylic acids is 2. The number of benzene rings is 2. The smallest absolute Gasteiger partial charge is 0.248 e. The van der Waals surface area contributed by atoms with Gasteiger partial charge in [0.15, 0.2) is 0 Å². The number of amides is 2. The molecule has 0 aliphatic carbocycles. The third-order valence-electron chi connectivity index (χ3n) is 5.21. The van der Waals surface area contributed by atoms with E-state index in [2.05, 4.69) is 5.43 Å². The van der Waals surface area contributed by atoms with Crippen molar-refractivity contribution in [1.29, 1.82) is 0 Å². The fraction of sp³-hybridized carbons (Fsp3) is 0.300. The van der Waals surface area contributed by atoms with E-state index < -0.39 is 12.0 Å². The highest BCUT2D eigenvalue weighted by atomic mass is 16.5. The van der Waals surface area contributed by atoms with Gasteiger partial charge in [-0.15, -0.1) is 0 Å². The zero-order valence-corrected chi connectivity index (χ0v) is 14.8. The number of hydrogen-bond acceptors (Lipinski definition) is 5. The number of imide groups is 1. The van der Waals surface area contributed by atoms with Gasteiger partial charge in [-0.25, -0.2) is 10.4 Å². The van der Waals surface area contributed by atoms with E-state index in [4.69, 9.17) is 4.74 Å². The number of likely N-dealkylation sites (N-methyl/N-ethyl adjacent to an activating group) is 1. The van der Waals surface area contributed by atoms with Crippen LogP contribution < -0.4 is 10.2 Å². The molecule has 6 heteroatoms. The van der Waals surface area contributed by atoms with Crippen molar-refractivity contribution in [2.24, 2.45) is 5.92 Å². The molecule has 3 atom stereocenters. The first-order chi connectivity index (χ1) is 12.6. The molecule has 1 N–H and O–H groups in total. The van der Waals surface area contributed by atoms with E-state index >= 15 is 0 Å². The highest BCUT2D eigenvalue weighted by Crippen LogP contribution is 2.40. The van der Waals surface area contributed by atoms with Gasteiger partial charge in [-0.05, 0) is 23.3 Å². The topological polar surface area (TPSA) is 61.9 Å². The minimum absolute atomic E-state index is 0.135. The molecule has 2 heterocycles.